The molecule has 6 nitrogen and oxygen atoms in total. The van der Waals surface area contributed by atoms with Crippen molar-refractivity contribution < 1.29 is 19.1 Å². The van der Waals surface area contributed by atoms with Gasteiger partial charge in [0.05, 0.1) is 29.6 Å². The predicted molar refractivity (Wildman–Crippen MR) is 134 cm³/mol. The molecule has 0 unspecified atom stereocenters. The van der Waals surface area contributed by atoms with E-state index in [1.165, 1.54) is 6.21 Å². The minimum atomic E-state index is -0.264. The van der Waals surface area contributed by atoms with Gasteiger partial charge in [-0.1, -0.05) is 50.1 Å². The van der Waals surface area contributed by atoms with Crippen molar-refractivity contribution in [1.82, 2.24) is 5.01 Å². The van der Waals surface area contributed by atoms with Crippen LogP contribution in [0, 0.1) is 23.7 Å². The van der Waals surface area contributed by atoms with Crippen LogP contribution in [0.2, 0.25) is 0 Å². The Balaban J connectivity index is 1.33. The average molecular weight is 639 g/mol. The Morgan fingerprint density at radius 2 is 1.73 bits per heavy atom. The van der Waals surface area contributed by atoms with Gasteiger partial charge in [0.15, 0.2) is 11.5 Å². The third-order valence-corrected chi connectivity index (χ3v) is 8.23. The lowest BCUT2D eigenvalue weighted by atomic mass is 9.85. The number of halogens is 3. The summed E-state index contributed by atoms with van der Waals surface area (Å²) in [5.41, 5.74) is 1.66. The van der Waals surface area contributed by atoms with E-state index in [0.29, 0.717) is 28.1 Å². The number of benzene rings is 2. The van der Waals surface area contributed by atoms with Gasteiger partial charge in [-0.2, -0.15) is 10.1 Å². The zero-order valence-corrected chi connectivity index (χ0v) is 22.3. The third kappa shape index (κ3) is 4.08. The molecule has 0 aromatic heterocycles. The van der Waals surface area contributed by atoms with E-state index in [4.69, 9.17) is 9.47 Å². The van der Waals surface area contributed by atoms with Gasteiger partial charge in [0, 0.05) is 14.5 Å². The van der Waals surface area contributed by atoms with E-state index >= 15 is 0 Å². The summed E-state index contributed by atoms with van der Waals surface area (Å²) in [6.45, 7) is 0.339. The van der Waals surface area contributed by atoms with Crippen molar-refractivity contribution in [1.29, 1.82) is 0 Å². The minimum absolute atomic E-state index is 0.160. The van der Waals surface area contributed by atoms with Gasteiger partial charge in [-0.15, -0.1) is 0 Å². The van der Waals surface area contributed by atoms with Crippen molar-refractivity contribution in [3.8, 4) is 11.5 Å². The number of rotatable bonds is 6. The zero-order chi connectivity index (χ0) is 23.3. The van der Waals surface area contributed by atoms with Gasteiger partial charge in [-0.05, 0) is 64.0 Å². The summed E-state index contributed by atoms with van der Waals surface area (Å²) in [5, 5.41) is 5.29. The fourth-order valence-corrected chi connectivity index (χ4v) is 6.60. The molecule has 2 aromatic carbocycles. The quantitative estimate of drug-likeness (QED) is 0.231. The first-order valence-corrected chi connectivity index (χ1v) is 12.8. The van der Waals surface area contributed by atoms with Crippen LogP contribution < -0.4 is 9.47 Å². The van der Waals surface area contributed by atoms with Crippen LogP contribution >= 0.6 is 47.8 Å². The summed E-state index contributed by atoms with van der Waals surface area (Å²) >= 11 is 10.5. The van der Waals surface area contributed by atoms with Gasteiger partial charge < -0.3 is 9.47 Å². The fraction of sp³-hybridized carbons (Fsp3) is 0.292. The van der Waals surface area contributed by atoms with Gasteiger partial charge >= 0.3 is 0 Å². The molecule has 2 aliphatic carbocycles. The van der Waals surface area contributed by atoms with Gasteiger partial charge in [0.25, 0.3) is 11.8 Å². The molecule has 1 aliphatic heterocycles. The molecule has 170 valence electrons. The molecule has 33 heavy (non-hydrogen) atoms. The second-order valence-electron chi connectivity index (χ2n) is 8.29. The molecule has 0 spiro atoms. The van der Waals surface area contributed by atoms with E-state index in [2.05, 4.69) is 65.0 Å². The lowest BCUT2D eigenvalue weighted by Crippen LogP contribution is -2.28. The van der Waals surface area contributed by atoms with Crippen molar-refractivity contribution in [2.24, 2.45) is 28.8 Å². The smallest absolute Gasteiger partial charge is 0.254 e. The van der Waals surface area contributed by atoms with E-state index in [1.54, 1.807) is 13.2 Å². The number of ether oxygens (including phenoxy) is 2. The standard InChI is InChI=1S/C24H19Br3N2O4/c1-32-19-7-12(6-18(27)22(19)33-11-15-4-5-16(25)9-17(15)26)10-28-29-23(30)20-13-2-3-14(8-13)21(20)24(29)31/h2-7,9-10,13-14,20-21H,8,11H2,1H3/t13-,14-,20-,21+/m0/s1. The topological polar surface area (TPSA) is 68.2 Å². The molecule has 0 N–H and O–H groups in total. The molecule has 9 heteroatoms. The highest BCUT2D eigenvalue weighted by Gasteiger charge is 2.59. The van der Waals surface area contributed by atoms with Crippen molar-refractivity contribution >= 4 is 65.8 Å². The lowest BCUT2D eigenvalue weighted by Gasteiger charge is -2.15. The Kier molecular flexibility index (Phi) is 6.22. The maximum Gasteiger partial charge on any atom is 0.254 e. The van der Waals surface area contributed by atoms with E-state index in [0.717, 1.165) is 25.9 Å². The molecule has 1 heterocycles. The fourth-order valence-electron chi connectivity index (χ4n) is 4.87. The van der Waals surface area contributed by atoms with E-state index in [9.17, 15) is 9.59 Å². The molecule has 4 atom stereocenters. The number of imide groups is 1. The monoisotopic (exact) mass is 636 g/mol. The highest BCUT2D eigenvalue weighted by Crippen LogP contribution is 2.52. The van der Waals surface area contributed by atoms with Crippen LogP contribution in [0.25, 0.3) is 0 Å². The van der Waals surface area contributed by atoms with Crippen LogP contribution in [0.5, 0.6) is 11.5 Å². The molecule has 2 bridgehead atoms. The summed E-state index contributed by atoms with van der Waals surface area (Å²) in [6, 6.07) is 9.45. The number of methoxy groups -OCH3 is 1. The minimum Gasteiger partial charge on any atom is -0.493 e. The molecule has 5 rings (SSSR count). The Bertz CT molecular complexity index is 1180. The van der Waals surface area contributed by atoms with Crippen LogP contribution in [0.3, 0.4) is 0 Å². The van der Waals surface area contributed by atoms with E-state index in [-0.39, 0.29) is 35.5 Å². The third-order valence-electron chi connectivity index (χ3n) is 6.41. The summed E-state index contributed by atoms with van der Waals surface area (Å²) in [4.78, 5) is 25.6. The summed E-state index contributed by atoms with van der Waals surface area (Å²) in [5.74, 6) is 0.445. The van der Waals surface area contributed by atoms with Crippen LogP contribution in [-0.4, -0.2) is 30.1 Å². The molecule has 1 saturated heterocycles. The number of carbonyl (C=O) groups excluding carboxylic acids is 2. The summed E-state index contributed by atoms with van der Waals surface area (Å²) in [7, 11) is 1.56. The molecule has 2 fully saturated rings. The Morgan fingerprint density at radius 1 is 1.03 bits per heavy atom. The zero-order valence-electron chi connectivity index (χ0n) is 17.5. The first-order valence-electron chi connectivity index (χ1n) is 10.4. The van der Waals surface area contributed by atoms with Gasteiger partial charge in [-0.25, -0.2) is 0 Å². The molecular formula is C24H19Br3N2O4. The number of carbonyl (C=O) groups is 2. The van der Waals surface area contributed by atoms with Gasteiger partial charge in [0.1, 0.15) is 6.61 Å². The van der Waals surface area contributed by atoms with Gasteiger partial charge in [-0.3, -0.25) is 9.59 Å². The summed E-state index contributed by atoms with van der Waals surface area (Å²) in [6.07, 6.45) is 6.54. The molecular weight excluding hydrogens is 620 g/mol. The number of hydrogen-bond acceptors (Lipinski definition) is 5. The Hall–Kier alpha value is -1.97. The Labute approximate surface area is 216 Å². The second-order valence-corrected chi connectivity index (χ2v) is 10.9. The van der Waals surface area contributed by atoms with E-state index < -0.39 is 0 Å². The number of hydrazone groups is 1. The van der Waals surface area contributed by atoms with Crippen LogP contribution in [0.1, 0.15) is 17.5 Å². The summed E-state index contributed by atoms with van der Waals surface area (Å²) < 4.78 is 14.1. The largest absolute Gasteiger partial charge is 0.493 e. The molecule has 2 amide bonds. The predicted octanol–water partition coefficient (Wildman–Crippen LogP) is 5.70. The van der Waals surface area contributed by atoms with Crippen LogP contribution in [0.15, 0.2) is 61.0 Å². The van der Waals surface area contributed by atoms with Crippen LogP contribution in [-0.2, 0) is 16.2 Å². The van der Waals surface area contributed by atoms with Crippen LogP contribution in [0.4, 0.5) is 0 Å². The van der Waals surface area contributed by atoms with Crippen molar-refractivity contribution in [3.63, 3.8) is 0 Å². The lowest BCUT2D eigenvalue weighted by molar-refractivity contribution is -0.140. The van der Waals surface area contributed by atoms with Crippen molar-refractivity contribution in [2.75, 3.05) is 7.11 Å². The number of amides is 2. The first kappa shape index (κ1) is 22.8. The maximum atomic E-state index is 12.8. The molecule has 2 aromatic rings. The van der Waals surface area contributed by atoms with E-state index in [1.807, 2.05) is 24.3 Å². The highest BCUT2D eigenvalue weighted by atomic mass is 79.9. The maximum absolute atomic E-state index is 12.8. The molecule has 3 aliphatic rings. The number of hydrogen-bond donors (Lipinski definition) is 0. The van der Waals surface area contributed by atoms with Crippen molar-refractivity contribution in [2.45, 2.75) is 13.0 Å². The average Bonchev–Trinajstić information content (AvgIpc) is 3.46. The first-order chi connectivity index (χ1) is 15.9. The second kappa shape index (κ2) is 9.00. The Morgan fingerprint density at radius 3 is 2.36 bits per heavy atom. The normalized spacial score (nSPS) is 25.4. The highest BCUT2D eigenvalue weighted by molar-refractivity contribution is 9.11. The van der Waals surface area contributed by atoms with Crippen molar-refractivity contribution in [3.05, 3.63) is 67.0 Å². The van der Waals surface area contributed by atoms with Gasteiger partial charge in [0.2, 0.25) is 0 Å². The molecule has 1 saturated carbocycles. The molecule has 0 radical (unpaired) electrons. The number of allylic oxidation sites excluding steroid dienone is 2. The SMILES string of the molecule is COc1cc(C=NN2C(=O)[C@@H]3[C@H](C2=O)[C@H]2C=C[C@H]3C2)cc(Br)c1OCc1ccc(Br)cc1Br. The number of fused-ring (bicyclic) bond motifs is 5. The number of nitrogens with zero attached hydrogens (tertiary/aromatic N) is 2.